The summed E-state index contributed by atoms with van der Waals surface area (Å²) in [6.45, 7) is 3.72. The molecule has 77 valence electrons. The van der Waals surface area contributed by atoms with Crippen LogP contribution >= 0.6 is 12.6 Å². The molecule has 0 spiro atoms. The van der Waals surface area contributed by atoms with E-state index in [1.807, 2.05) is 6.08 Å². The van der Waals surface area contributed by atoms with E-state index in [-0.39, 0.29) is 0 Å². The Labute approximate surface area is 89.2 Å². The first kappa shape index (κ1) is 13.1. The van der Waals surface area contributed by atoms with Gasteiger partial charge in [0.25, 0.3) is 0 Å². The maximum absolute atomic E-state index is 4.89. The molecule has 0 saturated carbocycles. The lowest BCUT2D eigenvalue weighted by Gasteiger charge is -1.99. The summed E-state index contributed by atoms with van der Waals surface area (Å²) < 4.78 is 0. The molecule has 0 heterocycles. The van der Waals surface area contributed by atoms with Gasteiger partial charge in [0.05, 0.1) is 0 Å². The van der Waals surface area contributed by atoms with Gasteiger partial charge in [0.15, 0.2) is 0 Å². The van der Waals surface area contributed by atoms with Crippen molar-refractivity contribution >= 4 is 12.6 Å². The topological polar surface area (TPSA) is 0 Å². The minimum atomic E-state index is 0.944. The Morgan fingerprint density at radius 1 is 0.769 bits per heavy atom. The smallest absolute Gasteiger partial charge is 0.00369 e. The van der Waals surface area contributed by atoms with Crippen molar-refractivity contribution in [2.24, 2.45) is 0 Å². The van der Waals surface area contributed by atoms with Gasteiger partial charge in [0.2, 0.25) is 0 Å². The quantitative estimate of drug-likeness (QED) is 0.347. The van der Waals surface area contributed by atoms with Crippen molar-refractivity contribution in [1.82, 2.24) is 0 Å². The molecule has 0 aromatic heterocycles. The van der Waals surface area contributed by atoms with Crippen molar-refractivity contribution < 1.29 is 0 Å². The molecular weight excluding hydrogens is 176 g/mol. The summed E-state index contributed by atoms with van der Waals surface area (Å²) in [4.78, 5) is 0. The van der Waals surface area contributed by atoms with Crippen LogP contribution in [0.15, 0.2) is 12.7 Å². The van der Waals surface area contributed by atoms with Crippen molar-refractivity contribution in [1.29, 1.82) is 0 Å². The molecule has 0 bridgehead atoms. The van der Waals surface area contributed by atoms with E-state index in [9.17, 15) is 0 Å². The molecule has 0 fully saturated rings. The van der Waals surface area contributed by atoms with Gasteiger partial charge in [-0.3, -0.25) is 0 Å². The van der Waals surface area contributed by atoms with Crippen LogP contribution in [0.5, 0.6) is 0 Å². The molecule has 0 aliphatic carbocycles. The Balaban J connectivity index is 2.79. The largest absolute Gasteiger partial charge is 0.103 e. The average Bonchev–Trinajstić information content (AvgIpc) is 2.16. The predicted octanol–water partition coefficient (Wildman–Crippen LogP) is 4.88. The molecule has 1 heteroatoms. The normalized spacial score (nSPS) is 10.2. The van der Waals surface area contributed by atoms with E-state index in [1.165, 1.54) is 57.8 Å². The van der Waals surface area contributed by atoms with Crippen LogP contribution in [0.2, 0.25) is 0 Å². The minimum absolute atomic E-state index is 0.944. The summed E-state index contributed by atoms with van der Waals surface area (Å²) in [6.07, 6.45) is 14.1. The van der Waals surface area contributed by atoms with E-state index in [4.69, 9.17) is 12.6 Å². The number of rotatable bonds is 10. The van der Waals surface area contributed by atoms with Gasteiger partial charge in [0, 0.05) is 5.75 Å². The third-order valence-electron chi connectivity index (χ3n) is 2.30. The maximum atomic E-state index is 4.89. The highest BCUT2D eigenvalue weighted by atomic mass is 32.1. The van der Waals surface area contributed by atoms with Crippen molar-refractivity contribution in [3.05, 3.63) is 12.7 Å². The van der Waals surface area contributed by atoms with Crippen LogP contribution in [-0.2, 0) is 0 Å². The van der Waals surface area contributed by atoms with E-state index < -0.39 is 0 Å². The summed E-state index contributed by atoms with van der Waals surface area (Å²) in [5.74, 6) is 0.944. The van der Waals surface area contributed by atoms with Crippen LogP contribution in [-0.4, -0.2) is 5.75 Å². The highest BCUT2D eigenvalue weighted by molar-refractivity contribution is 7.80. The van der Waals surface area contributed by atoms with Crippen LogP contribution in [0.3, 0.4) is 0 Å². The molecule has 0 aromatic carbocycles. The number of hydrogen-bond donors (Lipinski definition) is 0. The molecule has 0 saturated heterocycles. The summed E-state index contributed by atoms with van der Waals surface area (Å²) >= 11 is 4.89. The second-order valence-corrected chi connectivity index (χ2v) is 4.02. The number of allylic oxidation sites excluding steroid dienone is 1. The molecule has 1 radical (unpaired) electrons. The minimum Gasteiger partial charge on any atom is -0.103 e. The van der Waals surface area contributed by atoms with Crippen LogP contribution < -0.4 is 0 Å². The monoisotopic (exact) mass is 199 g/mol. The highest BCUT2D eigenvalue weighted by Crippen LogP contribution is 2.09. The van der Waals surface area contributed by atoms with Gasteiger partial charge in [-0.2, -0.15) is 0 Å². The zero-order valence-electron chi connectivity index (χ0n) is 8.76. The summed E-state index contributed by atoms with van der Waals surface area (Å²) in [5, 5.41) is 0. The maximum Gasteiger partial charge on any atom is 0.00369 e. The van der Waals surface area contributed by atoms with E-state index >= 15 is 0 Å². The highest BCUT2D eigenvalue weighted by Gasteiger charge is 1.90. The number of hydrogen-bond acceptors (Lipinski definition) is 0. The van der Waals surface area contributed by atoms with Gasteiger partial charge in [0.1, 0.15) is 0 Å². The SMILES string of the molecule is C=CCCCCCCCCCC[S]. The van der Waals surface area contributed by atoms with Crippen LogP contribution in [0.25, 0.3) is 0 Å². The predicted molar refractivity (Wildman–Crippen MR) is 64.2 cm³/mol. The van der Waals surface area contributed by atoms with E-state index in [0.717, 1.165) is 5.75 Å². The zero-order chi connectivity index (χ0) is 9.78. The second-order valence-electron chi connectivity index (χ2n) is 3.61. The molecule has 13 heavy (non-hydrogen) atoms. The third-order valence-corrected chi connectivity index (χ3v) is 2.59. The molecule has 0 rings (SSSR count). The van der Waals surface area contributed by atoms with Crippen molar-refractivity contribution in [2.75, 3.05) is 5.75 Å². The van der Waals surface area contributed by atoms with E-state index in [2.05, 4.69) is 6.58 Å². The van der Waals surface area contributed by atoms with Crippen molar-refractivity contribution in [2.45, 2.75) is 57.8 Å². The fraction of sp³-hybridized carbons (Fsp3) is 0.833. The summed E-state index contributed by atoms with van der Waals surface area (Å²) in [7, 11) is 0. The summed E-state index contributed by atoms with van der Waals surface area (Å²) in [5.41, 5.74) is 0. The first-order chi connectivity index (χ1) is 6.41. The molecule has 0 aliphatic rings. The van der Waals surface area contributed by atoms with Gasteiger partial charge in [-0.1, -0.05) is 57.2 Å². The fourth-order valence-corrected chi connectivity index (χ4v) is 1.66. The standard InChI is InChI=1S/C12H23S/c1-2-3-4-5-6-7-8-9-10-11-12-13/h2H,1,3-12H2. The van der Waals surface area contributed by atoms with Crippen LogP contribution in [0.1, 0.15) is 57.8 Å². The Hall–Kier alpha value is 0.0900. The van der Waals surface area contributed by atoms with Gasteiger partial charge in [-0.25, -0.2) is 0 Å². The lowest BCUT2D eigenvalue weighted by molar-refractivity contribution is 0.579. The van der Waals surface area contributed by atoms with Gasteiger partial charge >= 0.3 is 0 Å². The molecule has 0 aliphatic heterocycles. The van der Waals surface area contributed by atoms with E-state index in [0.29, 0.717) is 0 Å². The third kappa shape index (κ3) is 12.1. The first-order valence-electron chi connectivity index (χ1n) is 5.61. The molecule has 0 N–H and O–H groups in total. The van der Waals surface area contributed by atoms with Gasteiger partial charge in [-0.05, 0) is 19.3 Å². The molecule has 0 unspecified atom stereocenters. The van der Waals surface area contributed by atoms with Crippen LogP contribution in [0, 0.1) is 0 Å². The van der Waals surface area contributed by atoms with Crippen molar-refractivity contribution in [3.63, 3.8) is 0 Å². The number of unbranched alkanes of at least 4 members (excludes halogenated alkanes) is 8. The molecular formula is C12H23S. The van der Waals surface area contributed by atoms with Gasteiger partial charge < -0.3 is 0 Å². The average molecular weight is 199 g/mol. The lowest BCUT2D eigenvalue weighted by Crippen LogP contribution is -1.81. The Kier molecular flexibility index (Phi) is 12.2. The molecule has 0 atom stereocenters. The second kappa shape index (κ2) is 12.1. The Bertz CT molecular complexity index is 99.3. The Morgan fingerprint density at radius 2 is 1.23 bits per heavy atom. The van der Waals surface area contributed by atoms with E-state index in [1.54, 1.807) is 0 Å². The molecule has 0 nitrogen and oxygen atoms in total. The van der Waals surface area contributed by atoms with Crippen LogP contribution in [0.4, 0.5) is 0 Å². The first-order valence-corrected chi connectivity index (χ1v) is 6.18. The summed E-state index contributed by atoms with van der Waals surface area (Å²) in [6, 6.07) is 0. The molecule has 0 amide bonds. The lowest BCUT2D eigenvalue weighted by atomic mass is 10.1. The van der Waals surface area contributed by atoms with Gasteiger partial charge in [-0.15, -0.1) is 6.58 Å². The Morgan fingerprint density at radius 3 is 1.69 bits per heavy atom. The fourth-order valence-electron chi connectivity index (χ4n) is 1.45. The zero-order valence-corrected chi connectivity index (χ0v) is 9.58. The molecule has 0 aromatic rings. The van der Waals surface area contributed by atoms with Crippen molar-refractivity contribution in [3.8, 4) is 0 Å².